The van der Waals surface area contributed by atoms with Gasteiger partial charge in [0.15, 0.2) is 0 Å². The van der Waals surface area contributed by atoms with Crippen molar-refractivity contribution in [1.29, 1.82) is 0 Å². The molecule has 3 aromatic heterocycles. The van der Waals surface area contributed by atoms with Gasteiger partial charge in [-0.1, -0.05) is 84.2 Å². The molecule has 0 spiro atoms. The summed E-state index contributed by atoms with van der Waals surface area (Å²) >= 11 is 20.5. The van der Waals surface area contributed by atoms with E-state index >= 15 is 0 Å². The number of fused-ring (bicyclic) bond motifs is 4. The average molecular weight is 1120 g/mol. The van der Waals surface area contributed by atoms with Crippen molar-refractivity contribution in [2.75, 3.05) is 6.61 Å². The molecule has 3 heterocycles. The standard InChI is InChI=1S/C14H11Br2NO2.2C14H9Br2NO/c15-10-7-9(5-6-18)13(17-8-10)14(19)11-3-1-2-4-12(11)16;15-9-6-8-4-5-10-11(2-1-3-12(10)16)14(18)13(8)17-7-9;15-10-6-9-5-4-8-2-1-3-11(16)12(8)14(18)13(9)17-7-10/h1-4,7-8,18H,5-6H2;2*1-3,6-7H,4-5H2. The molecule has 3 aromatic carbocycles. The highest BCUT2D eigenvalue weighted by Crippen LogP contribution is 2.31. The van der Waals surface area contributed by atoms with Crippen molar-refractivity contribution in [2.45, 2.75) is 32.1 Å². The second-order valence-corrected chi connectivity index (χ2v) is 17.8. The van der Waals surface area contributed by atoms with Gasteiger partial charge in [-0.05, 0) is 150 Å². The lowest BCUT2D eigenvalue weighted by molar-refractivity contribution is 0.102. The number of hydrogen-bond acceptors (Lipinski definition) is 7. The maximum atomic E-state index is 12.6. The summed E-state index contributed by atoms with van der Waals surface area (Å²) in [6, 6.07) is 24.6. The summed E-state index contributed by atoms with van der Waals surface area (Å²) in [6.07, 6.45) is 8.75. The van der Waals surface area contributed by atoms with E-state index in [1.165, 1.54) is 0 Å². The van der Waals surface area contributed by atoms with E-state index in [0.29, 0.717) is 29.1 Å². The lowest BCUT2D eigenvalue weighted by atomic mass is 10.0. The molecule has 0 unspecified atom stereocenters. The maximum absolute atomic E-state index is 12.6. The largest absolute Gasteiger partial charge is 0.396 e. The first kappa shape index (κ1) is 41.6. The Morgan fingerprint density at radius 3 is 1.85 bits per heavy atom. The van der Waals surface area contributed by atoms with E-state index in [1.807, 2.05) is 72.8 Å². The number of pyridine rings is 3. The molecule has 7 nitrogen and oxygen atoms in total. The Kier molecular flexibility index (Phi) is 14.3. The van der Waals surface area contributed by atoms with Crippen molar-refractivity contribution in [2.24, 2.45) is 0 Å². The van der Waals surface area contributed by atoms with Crippen LogP contribution in [0.2, 0.25) is 0 Å². The van der Waals surface area contributed by atoms with E-state index in [2.05, 4.69) is 111 Å². The minimum atomic E-state index is -0.150. The lowest BCUT2D eigenvalue weighted by Gasteiger charge is -2.08. The molecule has 6 aromatic rings. The molecule has 2 aliphatic rings. The Labute approximate surface area is 368 Å². The van der Waals surface area contributed by atoms with E-state index in [-0.39, 0.29) is 24.0 Å². The molecule has 278 valence electrons. The zero-order valence-corrected chi connectivity index (χ0v) is 38.3. The molecule has 0 fully saturated rings. The summed E-state index contributed by atoms with van der Waals surface area (Å²) in [5.41, 5.74) is 8.54. The van der Waals surface area contributed by atoms with Gasteiger partial charge in [-0.25, -0.2) is 0 Å². The molecule has 0 atom stereocenters. The average Bonchev–Trinajstić information content (AvgIpc) is 3.40. The molecule has 0 radical (unpaired) electrons. The van der Waals surface area contributed by atoms with Crippen molar-refractivity contribution in [3.05, 3.63) is 186 Å². The van der Waals surface area contributed by atoms with Gasteiger partial charge in [0.05, 0.1) is 0 Å². The van der Waals surface area contributed by atoms with Crippen molar-refractivity contribution in [1.82, 2.24) is 15.0 Å². The van der Waals surface area contributed by atoms with Gasteiger partial charge in [0.1, 0.15) is 17.1 Å². The second kappa shape index (κ2) is 18.9. The first-order valence-corrected chi connectivity index (χ1v) is 21.7. The number of benzene rings is 3. The van der Waals surface area contributed by atoms with Crippen molar-refractivity contribution < 1.29 is 19.5 Å². The SMILES string of the molecule is O=C(c1ccccc1Br)c1ncc(Br)cc1CCO.O=C1c2cccc(Br)c2CCc2cc(Br)cnc21.O=C1c2ncc(Br)cc2CCc2cccc(Br)c21. The molecule has 0 amide bonds. The number of aliphatic hydroxyl groups is 1. The first-order valence-electron chi connectivity index (χ1n) is 16.9. The van der Waals surface area contributed by atoms with Crippen LogP contribution in [-0.4, -0.2) is 44.0 Å². The second-order valence-electron chi connectivity index (χ2n) is 12.5. The van der Waals surface area contributed by atoms with Crippen LogP contribution in [0.25, 0.3) is 0 Å². The van der Waals surface area contributed by atoms with E-state index in [0.717, 1.165) is 91.5 Å². The van der Waals surface area contributed by atoms with Crippen molar-refractivity contribution in [3.63, 3.8) is 0 Å². The molecule has 0 saturated carbocycles. The summed E-state index contributed by atoms with van der Waals surface area (Å²) in [6.45, 7) is -0.0195. The minimum Gasteiger partial charge on any atom is -0.396 e. The molecule has 55 heavy (non-hydrogen) atoms. The van der Waals surface area contributed by atoms with Crippen molar-refractivity contribution in [3.8, 4) is 0 Å². The number of halogens is 6. The zero-order valence-electron chi connectivity index (χ0n) is 28.8. The fourth-order valence-electron chi connectivity index (χ4n) is 6.35. The molecule has 8 rings (SSSR count). The molecule has 0 aliphatic heterocycles. The number of rotatable bonds is 4. The molecule has 2 aliphatic carbocycles. The van der Waals surface area contributed by atoms with E-state index < -0.39 is 0 Å². The van der Waals surface area contributed by atoms with Gasteiger partial charge in [0, 0.05) is 68.7 Å². The summed E-state index contributed by atoms with van der Waals surface area (Å²) in [5, 5.41) is 9.08. The number of aromatic nitrogens is 3. The maximum Gasteiger partial charge on any atom is 0.213 e. The summed E-state index contributed by atoms with van der Waals surface area (Å²) < 4.78 is 5.21. The van der Waals surface area contributed by atoms with Crippen LogP contribution in [0.3, 0.4) is 0 Å². The number of carbonyl (C=O) groups excluding carboxylic acids is 3. The van der Waals surface area contributed by atoms with Gasteiger partial charge < -0.3 is 5.11 Å². The molecular formula is C42H29Br6N3O4. The third-order valence-electron chi connectivity index (χ3n) is 8.94. The quantitative estimate of drug-likeness (QED) is 0.175. The molecule has 0 saturated heterocycles. The minimum absolute atomic E-state index is 0.0116. The lowest BCUT2D eigenvalue weighted by Crippen LogP contribution is -2.10. The molecular weight excluding hydrogens is 1090 g/mol. The van der Waals surface area contributed by atoms with E-state index in [4.69, 9.17) is 5.11 Å². The number of carbonyl (C=O) groups is 3. The van der Waals surface area contributed by atoms with Gasteiger partial charge >= 0.3 is 0 Å². The van der Waals surface area contributed by atoms with Gasteiger partial charge in [-0.3, -0.25) is 29.3 Å². The third kappa shape index (κ3) is 9.75. The topological polar surface area (TPSA) is 110 Å². The van der Waals surface area contributed by atoms with Crippen LogP contribution in [0.15, 0.2) is 124 Å². The van der Waals surface area contributed by atoms with Gasteiger partial charge in [0.25, 0.3) is 0 Å². The highest BCUT2D eigenvalue weighted by atomic mass is 79.9. The fraction of sp³-hybridized carbons (Fsp3) is 0.143. The third-order valence-corrected chi connectivity index (χ3v) is 12.3. The van der Waals surface area contributed by atoms with E-state index in [9.17, 15) is 14.4 Å². The van der Waals surface area contributed by atoms with Crippen LogP contribution in [0.4, 0.5) is 0 Å². The zero-order chi connectivity index (χ0) is 39.2. The number of hydrogen-bond donors (Lipinski definition) is 1. The molecule has 13 heteroatoms. The monoisotopic (exact) mass is 1110 g/mol. The predicted molar refractivity (Wildman–Crippen MR) is 234 cm³/mol. The van der Waals surface area contributed by atoms with Crippen LogP contribution < -0.4 is 0 Å². The first-order chi connectivity index (χ1) is 26.5. The number of ketones is 3. The Morgan fingerprint density at radius 2 is 1.16 bits per heavy atom. The number of nitrogens with zero attached hydrogens (tertiary/aromatic N) is 3. The van der Waals surface area contributed by atoms with Crippen LogP contribution in [0.5, 0.6) is 0 Å². The van der Waals surface area contributed by atoms with Crippen LogP contribution in [-0.2, 0) is 32.1 Å². The predicted octanol–water partition coefficient (Wildman–Crippen LogP) is 11.2. The van der Waals surface area contributed by atoms with Gasteiger partial charge in [0.2, 0.25) is 17.3 Å². The van der Waals surface area contributed by atoms with Gasteiger partial charge in [-0.2, -0.15) is 0 Å². The smallest absolute Gasteiger partial charge is 0.213 e. The Bertz CT molecular complexity index is 2460. The van der Waals surface area contributed by atoms with E-state index in [1.54, 1.807) is 24.7 Å². The Hall–Kier alpha value is -3.04. The number of aliphatic hydroxyl groups excluding tert-OH is 1. The Balaban J connectivity index is 0.000000140. The molecule has 1 N–H and O–H groups in total. The van der Waals surface area contributed by atoms with Crippen LogP contribution in [0, 0.1) is 0 Å². The fourth-order valence-corrected chi connectivity index (χ4v) is 9.11. The summed E-state index contributed by atoms with van der Waals surface area (Å²) in [5.74, 6) is -0.118. The van der Waals surface area contributed by atoms with Crippen LogP contribution in [0.1, 0.15) is 76.0 Å². The normalized spacial score (nSPS) is 12.6. The summed E-state index contributed by atoms with van der Waals surface area (Å²) in [7, 11) is 0. The highest BCUT2D eigenvalue weighted by Gasteiger charge is 2.25. The van der Waals surface area contributed by atoms with Gasteiger partial charge in [-0.15, -0.1) is 0 Å². The molecule has 0 bridgehead atoms. The van der Waals surface area contributed by atoms with Crippen molar-refractivity contribution >= 4 is 113 Å². The Morgan fingerprint density at radius 1 is 0.600 bits per heavy atom. The highest BCUT2D eigenvalue weighted by molar-refractivity contribution is 9.11. The summed E-state index contributed by atoms with van der Waals surface area (Å²) in [4.78, 5) is 50.3. The van der Waals surface area contributed by atoms with Crippen LogP contribution >= 0.6 is 95.6 Å². The number of aryl methyl sites for hydroxylation is 3.